The summed E-state index contributed by atoms with van der Waals surface area (Å²) < 4.78 is 39.6. The van der Waals surface area contributed by atoms with E-state index >= 15 is 0 Å². The predicted octanol–water partition coefficient (Wildman–Crippen LogP) is 3.94. The van der Waals surface area contributed by atoms with Crippen LogP contribution in [0.5, 0.6) is 0 Å². The fraction of sp³-hybridized carbons (Fsp3) is 0.0714. The van der Waals surface area contributed by atoms with Crippen LogP contribution in [0.3, 0.4) is 0 Å². The van der Waals surface area contributed by atoms with Gasteiger partial charge in [-0.3, -0.25) is 14.8 Å². The molecule has 0 atom stereocenters. The Morgan fingerprint density at radius 1 is 1.19 bits per heavy atom. The summed E-state index contributed by atoms with van der Waals surface area (Å²) in [5, 5.41) is 1.80. The maximum Gasteiger partial charge on any atom is 0.417 e. The standard InChI is InChI=1S/C14H7F3N2OS/c15-14(16,17)10-1-3-18-7-9(10)13(20)8-5-12-11(19-6-8)2-4-21-12/h1-7H. The molecule has 0 bridgehead atoms. The first-order valence-electron chi connectivity index (χ1n) is 5.86. The summed E-state index contributed by atoms with van der Waals surface area (Å²) in [5.41, 5.74) is -0.640. The Morgan fingerprint density at radius 3 is 2.76 bits per heavy atom. The van der Waals surface area contributed by atoms with E-state index in [1.54, 1.807) is 17.5 Å². The quantitative estimate of drug-likeness (QED) is 0.673. The number of nitrogens with zero attached hydrogens (tertiary/aromatic N) is 2. The molecule has 0 N–H and O–H groups in total. The van der Waals surface area contributed by atoms with Gasteiger partial charge in [0.25, 0.3) is 0 Å². The first kappa shape index (κ1) is 13.7. The molecule has 0 aliphatic heterocycles. The Labute approximate surface area is 121 Å². The van der Waals surface area contributed by atoms with Crippen molar-refractivity contribution in [3.8, 4) is 0 Å². The minimum atomic E-state index is -4.60. The zero-order valence-electron chi connectivity index (χ0n) is 10.4. The summed E-state index contributed by atoms with van der Waals surface area (Å²) in [7, 11) is 0. The number of carbonyl (C=O) groups excluding carboxylic acids is 1. The summed E-state index contributed by atoms with van der Waals surface area (Å²) >= 11 is 1.37. The molecule has 106 valence electrons. The fourth-order valence-corrected chi connectivity index (χ4v) is 2.73. The molecule has 3 rings (SSSR count). The second kappa shape index (κ2) is 4.92. The van der Waals surface area contributed by atoms with Gasteiger partial charge in [-0.1, -0.05) is 0 Å². The van der Waals surface area contributed by atoms with E-state index in [0.29, 0.717) is 5.52 Å². The zero-order valence-corrected chi connectivity index (χ0v) is 11.2. The van der Waals surface area contributed by atoms with Crippen molar-refractivity contribution in [3.63, 3.8) is 0 Å². The topological polar surface area (TPSA) is 42.9 Å². The first-order valence-corrected chi connectivity index (χ1v) is 6.74. The summed E-state index contributed by atoms with van der Waals surface area (Å²) in [6.07, 6.45) is -1.37. The predicted molar refractivity (Wildman–Crippen MR) is 72.3 cm³/mol. The minimum absolute atomic E-state index is 0.114. The van der Waals surface area contributed by atoms with E-state index in [1.165, 1.54) is 17.5 Å². The van der Waals surface area contributed by atoms with Gasteiger partial charge in [0.05, 0.1) is 21.3 Å². The van der Waals surface area contributed by atoms with E-state index in [1.807, 2.05) is 0 Å². The molecule has 7 heteroatoms. The van der Waals surface area contributed by atoms with Crippen LogP contribution >= 0.6 is 11.3 Å². The van der Waals surface area contributed by atoms with Crippen LogP contribution in [0.1, 0.15) is 21.5 Å². The van der Waals surface area contributed by atoms with E-state index in [9.17, 15) is 18.0 Å². The average molecular weight is 308 g/mol. The molecule has 3 aromatic heterocycles. The van der Waals surface area contributed by atoms with Crippen molar-refractivity contribution in [1.29, 1.82) is 0 Å². The van der Waals surface area contributed by atoms with Gasteiger partial charge in [0.15, 0.2) is 5.78 Å². The van der Waals surface area contributed by atoms with Gasteiger partial charge < -0.3 is 0 Å². The lowest BCUT2D eigenvalue weighted by atomic mass is 10.0. The lowest BCUT2D eigenvalue weighted by Crippen LogP contribution is -2.14. The van der Waals surface area contributed by atoms with E-state index in [2.05, 4.69) is 9.97 Å². The highest BCUT2D eigenvalue weighted by Crippen LogP contribution is 2.32. The number of alkyl halides is 3. The normalized spacial score (nSPS) is 11.8. The van der Waals surface area contributed by atoms with Gasteiger partial charge in [-0.15, -0.1) is 11.3 Å². The molecule has 0 fully saturated rings. The van der Waals surface area contributed by atoms with E-state index in [4.69, 9.17) is 0 Å². The van der Waals surface area contributed by atoms with E-state index in [0.717, 1.165) is 23.2 Å². The molecule has 0 unspecified atom stereocenters. The average Bonchev–Trinajstić information content (AvgIpc) is 2.93. The molecule has 0 aromatic carbocycles. The van der Waals surface area contributed by atoms with E-state index in [-0.39, 0.29) is 5.56 Å². The number of hydrogen-bond donors (Lipinski definition) is 0. The minimum Gasteiger partial charge on any atom is -0.288 e. The molecule has 21 heavy (non-hydrogen) atoms. The number of ketones is 1. The summed E-state index contributed by atoms with van der Waals surface area (Å²) in [4.78, 5) is 20.0. The number of fused-ring (bicyclic) bond motifs is 1. The Hall–Kier alpha value is -2.28. The number of hydrogen-bond acceptors (Lipinski definition) is 4. The number of halogens is 3. The maximum atomic E-state index is 12.9. The number of rotatable bonds is 2. The lowest BCUT2D eigenvalue weighted by Gasteiger charge is -2.11. The zero-order chi connectivity index (χ0) is 15.0. The lowest BCUT2D eigenvalue weighted by molar-refractivity contribution is -0.137. The third kappa shape index (κ3) is 2.52. The first-order chi connectivity index (χ1) is 9.97. The van der Waals surface area contributed by atoms with Crippen LogP contribution < -0.4 is 0 Å². The van der Waals surface area contributed by atoms with Gasteiger partial charge in [0.2, 0.25) is 0 Å². The van der Waals surface area contributed by atoms with Crippen molar-refractivity contribution in [2.24, 2.45) is 0 Å². The van der Waals surface area contributed by atoms with Crippen LogP contribution in [0.25, 0.3) is 10.2 Å². The molecule has 0 aliphatic rings. The van der Waals surface area contributed by atoms with Crippen molar-refractivity contribution in [2.75, 3.05) is 0 Å². The van der Waals surface area contributed by atoms with Crippen LogP contribution in [0.2, 0.25) is 0 Å². The number of thiophene rings is 1. The van der Waals surface area contributed by atoms with Crippen molar-refractivity contribution < 1.29 is 18.0 Å². The van der Waals surface area contributed by atoms with Gasteiger partial charge in [-0.05, 0) is 23.6 Å². The Kier molecular flexibility index (Phi) is 3.21. The molecular weight excluding hydrogens is 301 g/mol. The van der Waals surface area contributed by atoms with Gasteiger partial charge in [0.1, 0.15) is 0 Å². The molecular formula is C14H7F3N2OS. The van der Waals surface area contributed by atoms with Crippen LogP contribution in [0.15, 0.2) is 42.2 Å². The van der Waals surface area contributed by atoms with Crippen molar-refractivity contribution in [1.82, 2.24) is 9.97 Å². The molecule has 3 nitrogen and oxygen atoms in total. The van der Waals surface area contributed by atoms with Crippen molar-refractivity contribution in [2.45, 2.75) is 6.18 Å². The molecule has 0 spiro atoms. The van der Waals surface area contributed by atoms with E-state index < -0.39 is 23.1 Å². The highest BCUT2D eigenvalue weighted by atomic mass is 32.1. The van der Waals surface area contributed by atoms with Crippen molar-refractivity contribution >= 4 is 27.3 Å². The largest absolute Gasteiger partial charge is 0.417 e. The second-order valence-corrected chi connectivity index (χ2v) is 5.22. The maximum absolute atomic E-state index is 12.9. The van der Waals surface area contributed by atoms with Crippen LogP contribution in [-0.4, -0.2) is 15.8 Å². The molecule has 0 radical (unpaired) electrons. The number of pyridine rings is 2. The smallest absolute Gasteiger partial charge is 0.288 e. The molecule has 0 amide bonds. The van der Waals surface area contributed by atoms with Crippen molar-refractivity contribution in [3.05, 3.63) is 58.9 Å². The third-order valence-corrected chi connectivity index (χ3v) is 3.79. The molecule has 3 heterocycles. The fourth-order valence-electron chi connectivity index (χ4n) is 1.95. The molecule has 0 saturated carbocycles. The van der Waals surface area contributed by atoms with Gasteiger partial charge >= 0.3 is 6.18 Å². The monoisotopic (exact) mass is 308 g/mol. The Balaban J connectivity index is 2.10. The summed E-state index contributed by atoms with van der Waals surface area (Å²) in [6.45, 7) is 0. The van der Waals surface area contributed by atoms with Crippen LogP contribution in [0, 0.1) is 0 Å². The van der Waals surface area contributed by atoms with Gasteiger partial charge in [-0.2, -0.15) is 13.2 Å². The summed E-state index contributed by atoms with van der Waals surface area (Å²) in [5.74, 6) is -0.738. The highest BCUT2D eigenvalue weighted by Gasteiger charge is 2.35. The Bertz CT molecular complexity index is 826. The third-order valence-electron chi connectivity index (χ3n) is 2.94. The second-order valence-electron chi connectivity index (χ2n) is 4.28. The van der Waals surface area contributed by atoms with Crippen LogP contribution in [-0.2, 0) is 6.18 Å². The number of carbonyl (C=O) groups is 1. The molecule has 0 saturated heterocycles. The Morgan fingerprint density at radius 2 is 2.00 bits per heavy atom. The van der Waals surface area contributed by atoms with Gasteiger partial charge in [0, 0.05) is 24.2 Å². The number of aromatic nitrogens is 2. The molecule has 0 aliphatic carbocycles. The van der Waals surface area contributed by atoms with Crippen LogP contribution in [0.4, 0.5) is 13.2 Å². The van der Waals surface area contributed by atoms with Gasteiger partial charge in [-0.25, -0.2) is 0 Å². The SMILES string of the molecule is O=C(c1cnc2ccsc2c1)c1cnccc1C(F)(F)F. The molecule has 3 aromatic rings. The highest BCUT2D eigenvalue weighted by molar-refractivity contribution is 7.17. The summed E-state index contributed by atoms with van der Waals surface area (Å²) in [6, 6.07) is 4.12.